The quantitative estimate of drug-likeness (QED) is 0.640. The van der Waals surface area contributed by atoms with Gasteiger partial charge in [0.1, 0.15) is 0 Å². The highest BCUT2D eigenvalue weighted by Gasteiger charge is 2.18. The molecule has 1 atom stereocenters. The van der Waals surface area contributed by atoms with Crippen LogP contribution in [0.1, 0.15) is 60.8 Å². The SMILES string of the molecule is CCCNC(C)C(CC(C)C)CC(C)C. The van der Waals surface area contributed by atoms with Crippen molar-refractivity contribution in [3.63, 3.8) is 0 Å². The second kappa shape index (κ2) is 8.15. The Morgan fingerprint density at radius 3 is 1.67 bits per heavy atom. The summed E-state index contributed by atoms with van der Waals surface area (Å²) in [6.45, 7) is 15.1. The number of hydrogen-bond acceptors (Lipinski definition) is 1. The molecule has 0 amide bonds. The van der Waals surface area contributed by atoms with Crippen molar-refractivity contribution in [2.45, 2.75) is 66.8 Å². The van der Waals surface area contributed by atoms with Gasteiger partial charge in [0.2, 0.25) is 0 Å². The summed E-state index contributed by atoms with van der Waals surface area (Å²) in [5.41, 5.74) is 0. The Bertz CT molecular complexity index is 130. The zero-order chi connectivity index (χ0) is 11.8. The highest BCUT2D eigenvalue weighted by molar-refractivity contribution is 4.74. The van der Waals surface area contributed by atoms with E-state index in [1.807, 2.05) is 0 Å². The smallest absolute Gasteiger partial charge is 0.00671 e. The minimum absolute atomic E-state index is 0.676. The van der Waals surface area contributed by atoms with Crippen LogP contribution in [0, 0.1) is 17.8 Å². The standard InChI is InChI=1S/C14H31N/c1-7-8-15-13(6)14(9-11(2)3)10-12(4)5/h11-15H,7-10H2,1-6H3. The summed E-state index contributed by atoms with van der Waals surface area (Å²) >= 11 is 0. The fraction of sp³-hybridized carbons (Fsp3) is 1.00. The zero-order valence-corrected chi connectivity index (χ0v) is 11.6. The van der Waals surface area contributed by atoms with Crippen molar-refractivity contribution in [2.75, 3.05) is 6.54 Å². The first-order chi connectivity index (χ1) is 6.97. The van der Waals surface area contributed by atoms with Gasteiger partial charge in [-0.05, 0) is 50.5 Å². The van der Waals surface area contributed by atoms with Gasteiger partial charge in [-0.15, -0.1) is 0 Å². The molecular weight excluding hydrogens is 182 g/mol. The average molecular weight is 213 g/mol. The average Bonchev–Trinajstić information content (AvgIpc) is 2.11. The highest BCUT2D eigenvalue weighted by atomic mass is 14.9. The molecule has 0 saturated carbocycles. The third-order valence-corrected chi connectivity index (χ3v) is 2.97. The monoisotopic (exact) mass is 213 g/mol. The molecule has 0 fully saturated rings. The molecule has 0 aromatic heterocycles. The maximum Gasteiger partial charge on any atom is 0.00671 e. The fourth-order valence-electron chi connectivity index (χ4n) is 2.25. The predicted molar refractivity (Wildman–Crippen MR) is 70.2 cm³/mol. The summed E-state index contributed by atoms with van der Waals surface area (Å²) in [5, 5.41) is 3.64. The van der Waals surface area contributed by atoms with E-state index in [2.05, 4.69) is 46.9 Å². The van der Waals surface area contributed by atoms with Crippen molar-refractivity contribution >= 4 is 0 Å². The van der Waals surface area contributed by atoms with E-state index in [-0.39, 0.29) is 0 Å². The molecule has 0 saturated heterocycles. The van der Waals surface area contributed by atoms with Crippen LogP contribution in [-0.4, -0.2) is 12.6 Å². The van der Waals surface area contributed by atoms with Gasteiger partial charge in [-0.1, -0.05) is 34.6 Å². The Morgan fingerprint density at radius 2 is 1.33 bits per heavy atom. The van der Waals surface area contributed by atoms with Crippen LogP contribution in [0.5, 0.6) is 0 Å². The van der Waals surface area contributed by atoms with Crippen LogP contribution >= 0.6 is 0 Å². The van der Waals surface area contributed by atoms with E-state index in [1.165, 1.54) is 19.3 Å². The Labute approximate surface area is 97.0 Å². The van der Waals surface area contributed by atoms with Gasteiger partial charge in [-0.25, -0.2) is 0 Å². The van der Waals surface area contributed by atoms with Crippen LogP contribution < -0.4 is 5.32 Å². The summed E-state index contributed by atoms with van der Waals surface area (Å²) in [6.07, 6.45) is 3.95. The van der Waals surface area contributed by atoms with E-state index in [4.69, 9.17) is 0 Å². The van der Waals surface area contributed by atoms with Gasteiger partial charge in [-0.3, -0.25) is 0 Å². The van der Waals surface area contributed by atoms with E-state index in [9.17, 15) is 0 Å². The Kier molecular flexibility index (Phi) is 8.13. The van der Waals surface area contributed by atoms with Crippen molar-refractivity contribution in [3.05, 3.63) is 0 Å². The van der Waals surface area contributed by atoms with Crippen molar-refractivity contribution in [1.29, 1.82) is 0 Å². The van der Waals surface area contributed by atoms with Gasteiger partial charge in [0.05, 0.1) is 0 Å². The molecule has 0 rings (SSSR count). The lowest BCUT2D eigenvalue weighted by molar-refractivity contribution is 0.272. The number of hydrogen-bond donors (Lipinski definition) is 1. The molecule has 0 heterocycles. The van der Waals surface area contributed by atoms with Crippen LogP contribution in [0.25, 0.3) is 0 Å². The molecule has 1 N–H and O–H groups in total. The van der Waals surface area contributed by atoms with Crippen molar-refractivity contribution in [3.8, 4) is 0 Å². The molecule has 1 heteroatoms. The molecule has 1 unspecified atom stereocenters. The van der Waals surface area contributed by atoms with E-state index >= 15 is 0 Å². The van der Waals surface area contributed by atoms with Crippen LogP contribution in [0.15, 0.2) is 0 Å². The number of nitrogens with one attached hydrogen (secondary N) is 1. The zero-order valence-electron chi connectivity index (χ0n) is 11.6. The first kappa shape index (κ1) is 15.0. The third-order valence-electron chi connectivity index (χ3n) is 2.97. The molecule has 0 aliphatic heterocycles. The minimum Gasteiger partial charge on any atom is -0.314 e. The fourth-order valence-corrected chi connectivity index (χ4v) is 2.25. The van der Waals surface area contributed by atoms with Gasteiger partial charge < -0.3 is 5.32 Å². The first-order valence-corrected chi connectivity index (χ1v) is 6.70. The largest absolute Gasteiger partial charge is 0.314 e. The van der Waals surface area contributed by atoms with Crippen LogP contribution in [-0.2, 0) is 0 Å². The Hall–Kier alpha value is -0.0400. The normalized spacial score (nSPS) is 14.2. The van der Waals surface area contributed by atoms with Gasteiger partial charge in [0.25, 0.3) is 0 Å². The molecule has 0 aromatic carbocycles. The molecule has 15 heavy (non-hydrogen) atoms. The van der Waals surface area contributed by atoms with E-state index < -0.39 is 0 Å². The van der Waals surface area contributed by atoms with E-state index in [0.717, 1.165) is 24.3 Å². The molecule has 0 bridgehead atoms. The van der Waals surface area contributed by atoms with Crippen LogP contribution in [0.4, 0.5) is 0 Å². The summed E-state index contributed by atoms with van der Waals surface area (Å²) in [5.74, 6) is 2.48. The van der Waals surface area contributed by atoms with Crippen molar-refractivity contribution < 1.29 is 0 Å². The third kappa shape index (κ3) is 7.84. The van der Waals surface area contributed by atoms with Crippen molar-refractivity contribution in [1.82, 2.24) is 5.32 Å². The summed E-state index contributed by atoms with van der Waals surface area (Å²) in [6, 6.07) is 0.676. The van der Waals surface area contributed by atoms with Crippen molar-refractivity contribution in [2.24, 2.45) is 17.8 Å². The van der Waals surface area contributed by atoms with Gasteiger partial charge in [-0.2, -0.15) is 0 Å². The summed E-state index contributed by atoms with van der Waals surface area (Å²) < 4.78 is 0. The topological polar surface area (TPSA) is 12.0 Å². The lowest BCUT2D eigenvalue weighted by Gasteiger charge is -2.28. The second-order valence-corrected chi connectivity index (χ2v) is 5.76. The summed E-state index contributed by atoms with van der Waals surface area (Å²) in [4.78, 5) is 0. The van der Waals surface area contributed by atoms with E-state index in [1.54, 1.807) is 0 Å². The lowest BCUT2D eigenvalue weighted by Crippen LogP contribution is -2.35. The Balaban J connectivity index is 4.07. The molecule has 0 radical (unpaired) electrons. The molecule has 0 aliphatic rings. The Morgan fingerprint density at radius 1 is 0.867 bits per heavy atom. The minimum atomic E-state index is 0.676. The molecule has 0 aromatic rings. The van der Waals surface area contributed by atoms with Gasteiger partial charge in [0, 0.05) is 6.04 Å². The van der Waals surface area contributed by atoms with Crippen LogP contribution in [0.3, 0.4) is 0 Å². The number of rotatable bonds is 8. The van der Waals surface area contributed by atoms with Gasteiger partial charge >= 0.3 is 0 Å². The van der Waals surface area contributed by atoms with E-state index in [0.29, 0.717) is 6.04 Å². The second-order valence-electron chi connectivity index (χ2n) is 5.76. The maximum atomic E-state index is 3.64. The lowest BCUT2D eigenvalue weighted by atomic mass is 9.84. The molecule has 92 valence electrons. The molecule has 1 nitrogen and oxygen atoms in total. The predicted octanol–water partition coefficient (Wildman–Crippen LogP) is 4.08. The maximum absolute atomic E-state index is 3.64. The van der Waals surface area contributed by atoms with Gasteiger partial charge in [0.15, 0.2) is 0 Å². The summed E-state index contributed by atoms with van der Waals surface area (Å²) in [7, 11) is 0. The molecular formula is C14H31N. The first-order valence-electron chi connectivity index (χ1n) is 6.70. The van der Waals surface area contributed by atoms with Crippen LogP contribution in [0.2, 0.25) is 0 Å². The molecule has 0 aliphatic carbocycles. The highest BCUT2D eigenvalue weighted by Crippen LogP contribution is 2.23. The molecule has 0 spiro atoms.